The lowest BCUT2D eigenvalue weighted by Crippen LogP contribution is -2.23. The molecule has 0 saturated heterocycles. The van der Waals surface area contributed by atoms with Gasteiger partial charge in [0.15, 0.2) is 5.75 Å². The van der Waals surface area contributed by atoms with Crippen LogP contribution in [-0.4, -0.2) is 18.3 Å². The minimum absolute atomic E-state index is 0.149. The maximum Gasteiger partial charge on any atom is 0.297 e. The number of ether oxygens (including phenoxy) is 2. The Labute approximate surface area is 149 Å². The first kappa shape index (κ1) is 19.2. The van der Waals surface area contributed by atoms with Crippen LogP contribution in [0.25, 0.3) is 10.9 Å². The van der Waals surface area contributed by atoms with Crippen molar-refractivity contribution >= 4 is 16.6 Å². The van der Waals surface area contributed by atoms with Crippen LogP contribution in [0.3, 0.4) is 0 Å². The summed E-state index contributed by atoms with van der Waals surface area (Å²) in [5.74, 6) is 0.810. The average Bonchev–Trinajstić information content (AvgIpc) is 2.60. The Morgan fingerprint density at radius 2 is 1.80 bits per heavy atom. The second-order valence-electron chi connectivity index (χ2n) is 6.36. The number of fused-ring (bicyclic) bond motifs is 1. The van der Waals surface area contributed by atoms with E-state index >= 15 is 0 Å². The number of nitrogens with zero attached hydrogens (tertiary/aromatic N) is 1. The number of benzene rings is 1. The monoisotopic (exact) mass is 346 g/mol. The van der Waals surface area contributed by atoms with Crippen molar-refractivity contribution < 1.29 is 9.47 Å². The van der Waals surface area contributed by atoms with E-state index in [-0.39, 0.29) is 11.3 Å². The molecule has 0 unspecified atom stereocenters. The minimum atomic E-state index is -0.149. The molecule has 1 aromatic heterocycles. The molecule has 2 rings (SSSR count). The lowest BCUT2D eigenvalue weighted by Gasteiger charge is -2.18. The number of nitrogens with two attached hydrogens (primary N) is 1. The van der Waals surface area contributed by atoms with E-state index in [1.54, 1.807) is 4.57 Å². The Morgan fingerprint density at radius 3 is 2.48 bits per heavy atom. The zero-order valence-corrected chi connectivity index (χ0v) is 15.6. The molecule has 0 amide bonds. The first-order valence-electron chi connectivity index (χ1n) is 9.26. The van der Waals surface area contributed by atoms with Crippen LogP contribution in [0, 0.1) is 0 Å². The lowest BCUT2D eigenvalue weighted by atomic mass is 10.1. The highest BCUT2D eigenvalue weighted by Crippen LogP contribution is 2.34. The molecule has 138 valence electrons. The number of aryl methyl sites for hydroxylation is 1. The maximum atomic E-state index is 13.0. The van der Waals surface area contributed by atoms with Crippen LogP contribution in [0.2, 0.25) is 0 Å². The molecule has 0 bridgehead atoms. The minimum Gasteiger partial charge on any atom is -0.489 e. The molecule has 0 radical (unpaired) electrons. The molecular weight excluding hydrogens is 316 g/mol. The number of pyridine rings is 1. The van der Waals surface area contributed by atoms with Gasteiger partial charge in [0.1, 0.15) is 0 Å². The van der Waals surface area contributed by atoms with E-state index in [0.717, 1.165) is 43.0 Å². The highest BCUT2D eigenvalue weighted by molar-refractivity contribution is 5.90. The van der Waals surface area contributed by atoms with E-state index < -0.39 is 0 Å². The fourth-order valence-electron chi connectivity index (χ4n) is 2.98. The van der Waals surface area contributed by atoms with Gasteiger partial charge >= 0.3 is 0 Å². The quantitative estimate of drug-likeness (QED) is 0.513. The van der Waals surface area contributed by atoms with Crippen LogP contribution in [0.4, 0.5) is 5.69 Å². The second-order valence-corrected chi connectivity index (χ2v) is 6.36. The summed E-state index contributed by atoms with van der Waals surface area (Å²) in [5, 5.41) is 0.872. The third-order valence-corrected chi connectivity index (χ3v) is 4.39. The summed E-state index contributed by atoms with van der Waals surface area (Å²) in [5.41, 5.74) is 7.28. The van der Waals surface area contributed by atoms with Crippen molar-refractivity contribution in [2.45, 2.75) is 58.9 Å². The van der Waals surface area contributed by atoms with Crippen molar-refractivity contribution in [3.63, 3.8) is 0 Å². The molecule has 25 heavy (non-hydrogen) atoms. The molecule has 5 nitrogen and oxygen atoms in total. The number of hydrogen-bond acceptors (Lipinski definition) is 4. The van der Waals surface area contributed by atoms with E-state index in [0.29, 0.717) is 24.6 Å². The van der Waals surface area contributed by atoms with E-state index in [2.05, 4.69) is 13.8 Å². The normalized spacial score (nSPS) is 11.0. The SMILES string of the molecule is CCCCCCn1c(=O)c(OC)c(OCCCC)c2ccc(N)cc21. The Bertz CT molecular complexity index is 753. The Balaban J connectivity index is 2.52. The van der Waals surface area contributed by atoms with Crippen molar-refractivity contribution in [2.75, 3.05) is 19.5 Å². The molecule has 0 aliphatic rings. The van der Waals surface area contributed by atoms with Gasteiger partial charge in [-0.15, -0.1) is 0 Å². The van der Waals surface area contributed by atoms with Crippen LogP contribution in [0.5, 0.6) is 11.5 Å². The molecule has 1 heterocycles. The number of unbranched alkanes of at least 4 members (excludes halogenated alkanes) is 4. The third kappa shape index (κ3) is 4.47. The van der Waals surface area contributed by atoms with Gasteiger partial charge in [-0.3, -0.25) is 4.79 Å². The van der Waals surface area contributed by atoms with E-state index in [1.807, 2.05) is 18.2 Å². The van der Waals surface area contributed by atoms with Gasteiger partial charge < -0.3 is 19.8 Å². The first-order chi connectivity index (χ1) is 12.1. The number of nitrogen functional groups attached to an aromatic ring is 1. The number of methoxy groups -OCH3 is 1. The van der Waals surface area contributed by atoms with Crippen molar-refractivity contribution in [2.24, 2.45) is 0 Å². The molecular formula is C20H30N2O3. The second kappa shape index (κ2) is 9.35. The Kier molecular flexibility index (Phi) is 7.16. The van der Waals surface area contributed by atoms with E-state index in [4.69, 9.17) is 15.2 Å². The number of rotatable bonds is 10. The van der Waals surface area contributed by atoms with Gasteiger partial charge in [0.05, 0.1) is 19.2 Å². The number of anilines is 1. The molecule has 0 aliphatic carbocycles. The van der Waals surface area contributed by atoms with Gasteiger partial charge in [0, 0.05) is 17.6 Å². The van der Waals surface area contributed by atoms with E-state index in [1.165, 1.54) is 13.5 Å². The van der Waals surface area contributed by atoms with Crippen LogP contribution >= 0.6 is 0 Å². The van der Waals surface area contributed by atoms with Crippen LogP contribution in [0.15, 0.2) is 23.0 Å². The number of hydrogen-bond donors (Lipinski definition) is 1. The average molecular weight is 346 g/mol. The Morgan fingerprint density at radius 1 is 1.04 bits per heavy atom. The van der Waals surface area contributed by atoms with Crippen LogP contribution < -0.4 is 20.8 Å². The first-order valence-corrected chi connectivity index (χ1v) is 9.26. The Hall–Kier alpha value is -2.17. The summed E-state index contributed by atoms with van der Waals surface area (Å²) in [6.45, 7) is 5.50. The summed E-state index contributed by atoms with van der Waals surface area (Å²) in [7, 11) is 1.52. The van der Waals surface area contributed by atoms with Gasteiger partial charge in [-0.05, 0) is 31.0 Å². The van der Waals surface area contributed by atoms with Gasteiger partial charge in [-0.2, -0.15) is 0 Å². The lowest BCUT2D eigenvalue weighted by molar-refractivity contribution is 0.288. The highest BCUT2D eigenvalue weighted by Gasteiger charge is 2.19. The molecule has 5 heteroatoms. The van der Waals surface area contributed by atoms with Crippen molar-refractivity contribution in [3.05, 3.63) is 28.6 Å². The van der Waals surface area contributed by atoms with Gasteiger partial charge in [-0.1, -0.05) is 39.5 Å². The summed E-state index contributed by atoms with van der Waals surface area (Å²) < 4.78 is 13.1. The predicted octanol–water partition coefficient (Wildman–Crippen LogP) is 4.35. The highest BCUT2D eigenvalue weighted by atomic mass is 16.5. The van der Waals surface area contributed by atoms with Crippen molar-refractivity contribution in [3.8, 4) is 11.5 Å². The maximum absolute atomic E-state index is 13.0. The summed E-state index contributed by atoms with van der Waals surface area (Å²) in [6, 6.07) is 5.60. The zero-order chi connectivity index (χ0) is 18.2. The largest absolute Gasteiger partial charge is 0.489 e. The van der Waals surface area contributed by atoms with Crippen LogP contribution in [0.1, 0.15) is 52.4 Å². The third-order valence-electron chi connectivity index (χ3n) is 4.39. The standard InChI is InChI=1S/C20H30N2O3/c1-4-6-8-9-12-22-17-14-15(21)10-11-16(17)18(25-13-7-5-2)19(24-3)20(22)23/h10-11,14H,4-9,12-13,21H2,1-3H3. The molecule has 0 atom stereocenters. The summed E-state index contributed by atoms with van der Waals surface area (Å²) in [4.78, 5) is 13.0. The van der Waals surface area contributed by atoms with Gasteiger partial charge in [0.2, 0.25) is 5.75 Å². The fraction of sp³-hybridized carbons (Fsp3) is 0.550. The summed E-state index contributed by atoms with van der Waals surface area (Å²) >= 11 is 0. The van der Waals surface area contributed by atoms with E-state index in [9.17, 15) is 4.79 Å². The smallest absolute Gasteiger partial charge is 0.297 e. The zero-order valence-electron chi connectivity index (χ0n) is 15.6. The number of aromatic nitrogens is 1. The molecule has 0 spiro atoms. The molecule has 1 aromatic carbocycles. The molecule has 0 fully saturated rings. The molecule has 2 aromatic rings. The van der Waals surface area contributed by atoms with Gasteiger partial charge in [-0.25, -0.2) is 0 Å². The topological polar surface area (TPSA) is 66.5 Å². The summed E-state index contributed by atoms with van der Waals surface area (Å²) in [6.07, 6.45) is 6.35. The molecule has 2 N–H and O–H groups in total. The molecule has 0 saturated carbocycles. The van der Waals surface area contributed by atoms with Gasteiger partial charge in [0.25, 0.3) is 5.56 Å². The predicted molar refractivity (Wildman–Crippen MR) is 104 cm³/mol. The fourth-order valence-corrected chi connectivity index (χ4v) is 2.98. The molecule has 0 aliphatic heterocycles. The van der Waals surface area contributed by atoms with Crippen molar-refractivity contribution in [1.82, 2.24) is 4.57 Å². The van der Waals surface area contributed by atoms with Crippen LogP contribution in [-0.2, 0) is 6.54 Å². The van der Waals surface area contributed by atoms with Crippen molar-refractivity contribution in [1.29, 1.82) is 0 Å².